The van der Waals surface area contributed by atoms with Crippen LogP contribution in [0.25, 0.3) is 11.2 Å². The van der Waals surface area contributed by atoms with E-state index >= 15 is 0 Å². The summed E-state index contributed by atoms with van der Waals surface area (Å²) in [5.41, 5.74) is 0.307. The Morgan fingerprint density at radius 2 is 2.07 bits per heavy atom. The zero-order valence-corrected chi connectivity index (χ0v) is 16.4. The Balaban J connectivity index is 1.33. The van der Waals surface area contributed by atoms with Crippen LogP contribution < -0.4 is 11.2 Å². The maximum absolute atomic E-state index is 12.4. The van der Waals surface area contributed by atoms with E-state index in [4.69, 9.17) is 0 Å². The summed E-state index contributed by atoms with van der Waals surface area (Å²) in [5, 5.41) is 8.10. The Labute approximate surface area is 160 Å². The number of imidazole rings is 1. The molecule has 0 spiro atoms. The highest BCUT2D eigenvalue weighted by Gasteiger charge is 2.19. The lowest BCUT2D eigenvalue weighted by atomic mass is 10.0. The van der Waals surface area contributed by atoms with Crippen molar-refractivity contribution in [1.82, 2.24) is 33.4 Å². The van der Waals surface area contributed by atoms with Crippen LogP contribution in [0.2, 0.25) is 0 Å². The Kier molecular flexibility index (Phi) is 4.90. The van der Waals surface area contributed by atoms with Crippen molar-refractivity contribution in [3.8, 4) is 0 Å². The average Bonchev–Trinajstić information content (AvgIpc) is 3.31. The number of nitrogens with zero attached hydrogens (tertiary/aromatic N) is 7. The summed E-state index contributed by atoms with van der Waals surface area (Å²) >= 11 is 1.95. The van der Waals surface area contributed by atoms with Crippen molar-refractivity contribution in [3.63, 3.8) is 0 Å². The molecule has 0 fully saturated rings. The van der Waals surface area contributed by atoms with Gasteiger partial charge in [0.05, 0.1) is 6.33 Å². The molecule has 0 aromatic carbocycles. The summed E-state index contributed by atoms with van der Waals surface area (Å²) in [6, 6.07) is 0. The van der Waals surface area contributed by atoms with Gasteiger partial charge in [-0.25, -0.2) is 9.78 Å². The monoisotopic (exact) mass is 389 g/mol. The van der Waals surface area contributed by atoms with Crippen LogP contribution in [0.15, 0.2) is 22.2 Å². The first-order valence-electron chi connectivity index (χ1n) is 9.11. The maximum Gasteiger partial charge on any atom is 0.332 e. The van der Waals surface area contributed by atoms with Gasteiger partial charge in [0.2, 0.25) is 0 Å². The van der Waals surface area contributed by atoms with Crippen molar-refractivity contribution in [3.05, 3.63) is 39.3 Å². The van der Waals surface area contributed by atoms with Gasteiger partial charge in [0.25, 0.3) is 5.56 Å². The molecule has 3 aromatic rings. The second-order valence-electron chi connectivity index (χ2n) is 7.05. The van der Waals surface area contributed by atoms with Gasteiger partial charge >= 0.3 is 5.69 Å². The molecule has 0 N–H and O–H groups in total. The smallest absolute Gasteiger partial charge is 0.325 e. The fourth-order valence-electron chi connectivity index (χ4n) is 3.62. The summed E-state index contributed by atoms with van der Waals surface area (Å²) in [6.45, 7) is 1.72. The number of thioether (sulfide) groups is 1. The van der Waals surface area contributed by atoms with Crippen molar-refractivity contribution < 1.29 is 0 Å². The van der Waals surface area contributed by atoms with Gasteiger partial charge in [-0.05, 0) is 30.3 Å². The third-order valence-electron chi connectivity index (χ3n) is 5.19. The molecule has 9 nitrogen and oxygen atoms in total. The fraction of sp³-hybridized carbons (Fsp3) is 0.588. The third-order valence-corrected chi connectivity index (χ3v) is 6.47. The molecule has 4 rings (SSSR count). The highest BCUT2D eigenvalue weighted by molar-refractivity contribution is 7.99. The van der Waals surface area contributed by atoms with Gasteiger partial charge in [0.1, 0.15) is 12.2 Å². The highest BCUT2D eigenvalue weighted by atomic mass is 32.2. The van der Waals surface area contributed by atoms with Gasteiger partial charge in [-0.3, -0.25) is 13.9 Å². The fourth-order valence-corrected chi connectivity index (χ4v) is 4.72. The molecule has 0 radical (unpaired) electrons. The lowest BCUT2D eigenvalue weighted by Gasteiger charge is -2.22. The number of aryl methyl sites for hydroxylation is 3. The van der Waals surface area contributed by atoms with E-state index in [-0.39, 0.29) is 11.2 Å². The Bertz CT molecular complexity index is 1080. The van der Waals surface area contributed by atoms with Crippen LogP contribution in [-0.2, 0) is 33.6 Å². The molecule has 0 aliphatic carbocycles. The van der Waals surface area contributed by atoms with E-state index in [1.807, 2.05) is 22.7 Å². The van der Waals surface area contributed by atoms with Crippen LogP contribution in [0.3, 0.4) is 0 Å². The van der Waals surface area contributed by atoms with Crippen molar-refractivity contribution in [2.45, 2.75) is 32.4 Å². The minimum atomic E-state index is -0.350. The number of hydrogen-bond donors (Lipinski definition) is 0. The summed E-state index contributed by atoms with van der Waals surface area (Å²) in [4.78, 5) is 28.7. The van der Waals surface area contributed by atoms with Gasteiger partial charge < -0.3 is 9.13 Å². The first-order chi connectivity index (χ1) is 13.1. The molecule has 0 bridgehead atoms. The van der Waals surface area contributed by atoms with E-state index in [1.54, 1.807) is 13.4 Å². The summed E-state index contributed by atoms with van der Waals surface area (Å²) in [7, 11) is 3.14. The van der Waals surface area contributed by atoms with E-state index in [0.717, 1.165) is 47.8 Å². The SMILES string of the molecule is Cn1c(=O)c2c(ncn2CCCSCC2CCc3nncn3C2)n(C)c1=O. The highest BCUT2D eigenvalue weighted by Crippen LogP contribution is 2.22. The predicted octanol–water partition coefficient (Wildman–Crippen LogP) is 0.411. The van der Waals surface area contributed by atoms with Crippen LogP contribution in [0.1, 0.15) is 18.7 Å². The summed E-state index contributed by atoms with van der Waals surface area (Å²) in [5.74, 6) is 3.91. The predicted molar refractivity (Wildman–Crippen MR) is 104 cm³/mol. The lowest BCUT2D eigenvalue weighted by Crippen LogP contribution is -2.37. The van der Waals surface area contributed by atoms with Crippen LogP contribution in [-0.4, -0.2) is 45.0 Å². The second-order valence-corrected chi connectivity index (χ2v) is 8.20. The van der Waals surface area contributed by atoms with Gasteiger partial charge in [-0.1, -0.05) is 0 Å². The number of rotatable bonds is 6. The standard InChI is InChI=1S/C17H23N7O2S/c1-21-15-14(16(25)22(2)17(21)26)23(10-18-15)6-3-7-27-9-12-4-5-13-20-19-11-24(13)8-12/h10-12H,3-9H2,1-2H3. The minimum Gasteiger partial charge on any atom is -0.325 e. The molecule has 0 saturated carbocycles. The van der Waals surface area contributed by atoms with Crippen molar-refractivity contribution in [1.29, 1.82) is 0 Å². The molecule has 144 valence electrons. The first-order valence-corrected chi connectivity index (χ1v) is 10.3. The average molecular weight is 389 g/mol. The molecule has 1 aliphatic heterocycles. The third kappa shape index (κ3) is 3.33. The quantitative estimate of drug-likeness (QED) is 0.567. The van der Waals surface area contributed by atoms with Gasteiger partial charge in [-0.2, -0.15) is 11.8 Å². The van der Waals surface area contributed by atoms with Gasteiger partial charge in [0, 0.05) is 33.6 Å². The molecular formula is C17H23N7O2S. The van der Waals surface area contributed by atoms with E-state index in [2.05, 4.69) is 19.7 Å². The topological polar surface area (TPSA) is 92.5 Å². The molecule has 3 aromatic heterocycles. The van der Waals surface area contributed by atoms with Gasteiger partial charge in [0.15, 0.2) is 11.2 Å². The zero-order valence-electron chi connectivity index (χ0n) is 15.5. The van der Waals surface area contributed by atoms with Crippen LogP contribution >= 0.6 is 11.8 Å². The number of fused-ring (bicyclic) bond motifs is 2. The molecule has 1 atom stereocenters. The van der Waals surface area contributed by atoms with Crippen molar-refractivity contribution >= 4 is 22.9 Å². The van der Waals surface area contributed by atoms with Crippen LogP contribution in [0.5, 0.6) is 0 Å². The molecule has 0 amide bonds. The van der Waals surface area contributed by atoms with E-state index in [9.17, 15) is 9.59 Å². The minimum absolute atomic E-state index is 0.287. The largest absolute Gasteiger partial charge is 0.332 e. The maximum atomic E-state index is 12.4. The number of hydrogen-bond acceptors (Lipinski definition) is 6. The molecule has 27 heavy (non-hydrogen) atoms. The van der Waals surface area contributed by atoms with Crippen molar-refractivity contribution in [2.24, 2.45) is 20.0 Å². The summed E-state index contributed by atoms with van der Waals surface area (Å²) in [6.07, 6.45) is 6.61. The molecular weight excluding hydrogens is 366 g/mol. The van der Waals surface area contributed by atoms with E-state index < -0.39 is 0 Å². The molecule has 0 saturated heterocycles. The van der Waals surface area contributed by atoms with Gasteiger partial charge in [-0.15, -0.1) is 10.2 Å². The van der Waals surface area contributed by atoms with E-state index in [0.29, 0.717) is 17.1 Å². The lowest BCUT2D eigenvalue weighted by molar-refractivity contribution is 0.400. The van der Waals surface area contributed by atoms with Crippen LogP contribution in [0, 0.1) is 5.92 Å². The van der Waals surface area contributed by atoms with E-state index in [1.165, 1.54) is 18.0 Å². The van der Waals surface area contributed by atoms with Crippen LogP contribution in [0.4, 0.5) is 0 Å². The first kappa shape index (κ1) is 18.0. The number of aromatic nitrogens is 7. The molecule has 4 heterocycles. The molecule has 10 heteroatoms. The zero-order chi connectivity index (χ0) is 19.0. The Hall–Kier alpha value is -2.36. The second kappa shape index (κ2) is 7.34. The summed E-state index contributed by atoms with van der Waals surface area (Å²) < 4.78 is 6.58. The molecule has 1 unspecified atom stereocenters. The van der Waals surface area contributed by atoms with Crippen molar-refractivity contribution in [2.75, 3.05) is 11.5 Å². The Morgan fingerprint density at radius 1 is 1.22 bits per heavy atom. The molecule has 1 aliphatic rings. The normalized spacial score (nSPS) is 16.7. The Morgan fingerprint density at radius 3 is 2.93 bits per heavy atom.